The first-order chi connectivity index (χ1) is 18.9. The standard InChI is InChI=1S/C22H20ClNO6S.C6H9NO2/c1-13-4-6-18(30-3)19(8-13)31(27,28)22-11-20(25)24(22)12-15(21(22)26)9-14-10-16(23)5-7-17(14)29-2;8-5-1-2-6(9)7-4-3-5/h4-10H,11-12H2,1-3H3;1-4H2,(H,7,9). The minimum atomic E-state index is -4.26. The second-order valence-corrected chi connectivity index (χ2v) is 12.2. The van der Waals surface area contributed by atoms with Gasteiger partial charge in [-0.2, -0.15) is 0 Å². The minimum Gasteiger partial charge on any atom is -0.496 e. The van der Waals surface area contributed by atoms with Crippen molar-refractivity contribution < 1.29 is 37.1 Å². The Morgan fingerprint density at radius 3 is 2.35 bits per heavy atom. The van der Waals surface area contributed by atoms with Gasteiger partial charge in [-0.05, 0) is 48.9 Å². The van der Waals surface area contributed by atoms with Crippen LogP contribution in [0.2, 0.25) is 5.02 Å². The van der Waals surface area contributed by atoms with Crippen LogP contribution >= 0.6 is 11.6 Å². The van der Waals surface area contributed by atoms with Crippen LogP contribution in [0.3, 0.4) is 0 Å². The fraction of sp³-hybridized carbons (Fsp3) is 0.357. The van der Waals surface area contributed by atoms with Crippen molar-refractivity contribution in [2.45, 2.75) is 42.4 Å². The van der Waals surface area contributed by atoms with Crippen molar-refractivity contribution in [3.05, 3.63) is 58.1 Å². The van der Waals surface area contributed by atoms with Crippen LogP contribution in [-0.2, 0) is 29.0 Å². The highest BCUT2D eigenvalue weighted by atomic mass is 35.5. The van der Waals surface area contributed by atoms with E-state index in [9.17, 15) is 27.6 Å². The summed E-state index contributed by atoms with van der Waals surface area (Å²) in [5.74, 6) is -0.236. The lowest BCUT2D eigenvalue weighted by molar-refractivity contribution is -0.150. The second-order valence-electron chi connectivity index (χ2n) is 9.62. The third-order valence-electron chi connectivity index (χ3n) is 7.03. The Labute approximate surface area is 237 Å². The molecular weight excluding hydrogens is 560 g/mol. The molecule has 0 aromatic heterocycles. The molecule has 1 unspecified atom stereocenters. The number of ketones is 2. The van der Waals surface area contributed by atoms with E-state index in [0.29, 0.717) is 47.7 Å². The number of β-lactam (4-membered cyclic amide) rings is 1. The number of hydrogen-bond donors (Lipinski definition) is 1. The molecule has 3 heterocycles. The number of benzene rings is 2. The number of aryl methyl sites for hydroxylation is 1. The van der Waals surface area contributed by atoms with Crippen molar-refractivity contribution in [1.29, 1.82) is 0 Å². The highest BCUT2D eigenvalue weighted by molar-refractivity contribution is 7.94. The highest BCUT2D eigenvalue weighted by Crippen LogP contribution is 2.49. The minimum absolute atomic E-state index is 0.000787. The number of carbonyl (C=O) groups is 4. The van der Waals surface area contributed by atoms with Gasteiger partial charge < -0.3 is 19.7 Å². The van der Waals surface area contributed by atoms with Gasteiger partial charge in [0, 0.05) is 42.0 Å². The average Bonchev–Trinajstić information content (AvgIpc) is 3.01. The van der Waals surface area contributed by atoms with E-state index in [-0.39, 0.29) is 34.5 Å². The predicted octanol–water partition coefficient (Wildman–Crippen LogP) is 2.89. The van der Waals surface area contributed by atoms with Gasteiger partial charge in [-0.3, -0.25) is 19.2 Å². The topological polar surface area (TPSA) is 136 Å². The Hall–Kier alpha value is -3.70. The summed E-state index contributed by atoms with van der Waals surface area (Å²) >= 11 is 6.07. The number of nitrogens with one attached hydrogen (secondary N) is 1. The fourth-order valence-corrected chi connectivity index (χ4v) is 7.33. The molecule has 212 valence electrons. The number of sulfone groups is 1. The van der Waals surface area contributed by atoms with Crippen molar-refractivity contribution in [3.63, 3.8) is 0 Å². The zero-order chi connectivity index (χ0) is 29.2. The molecule has 3 aliphatic heterocycles. The zero-order valence-electron chi connectivity index (χ0n) is 22.3. The summed E-state index contributed by atoms with van der Waals surface area (Å²) in [7, 11) is -1.42. The van der Waals surface area contributed by atoms with E-state index in [1.165, 1.54) is 32.4 Å². The fourth-order valence-electron chi connectivity index (χ4n) is 4.88. The van der Waals surface area contributed by atoms with Gasteiger partial charge in [0.15, 0.2) is 0 Å². The van der Waals surface area contributed by atoms with Crippen LogP contribution in [0.25, 0.3) is 6.08 Å². The van der Waals surface area contributed by atoms with E-state index in [1.54, 1.807) is 31.2 Å². The zero-order valence-corrected chi connectivity index (χ0v) is 23.9. The molecule has 40 heavy (non-hydrogen) atoms. The molecule has 0 bridgehead atoms. The Bertz CT molecular complexity index is 1520. The third-order valence-corrected chi connectivity index (χ3v) is 9.61. The van der Waals surface area contributed by atoms with Crippen LogP contribution in [0, 0.1) is 6.92 Å². The van der Waals surface area contributed by atoms with Crippen LogP contribution in [0.5, 0.6) is 11.5 Å². The second kappa shape index (κ2) is 11.4. The lowest BCUT2D eigenvalue weighted by Crippen LogP contribution is -2.67. The summed E-state index contributed by atoms with van der Waals surface area (Å²) in [4.78, 5) is 46.1. The number of amides is 2. The van der Waals surface area contributed by atoms with Crippen molar-refractivity contribution in [2.24, 2.45) is 0 Å². The largest absolute Gasteiger partial charge is 0.496 e. The normalized spacial score (nSPS) is 21.6. The van der Waals surface area contributed by atoms with Gasteiger partial charge >= 0.3 is 0 Å². The molecule has 1 N–H and O–H groups in total. The smallest absolute Gasteiger partial charge is 0.228 e. The molecule has 2 amide bonds. The molecule has 0 saturated carbocycles. The maximum Gasteiger partial charge on any atom is 0.228 e. The summed E-state index contributed by atoms with van der Waals surface area (Å²) in [5, 5.41) is 3.05. The lowest BCUT2D eigenvalue weighted by Gasteiger charge is -2.44. The van der Waals surface area contributed by atoms with Crippen molar-refractivity contribution in [1.82, 2.24) is 10.2 Å². The number of halogens is 1. The summed E-state index contributed by atoms with van der Waals surface area (Å²) in [6, 6.07) is 9.62. The van der Waals surface area contributed by atoms with Gasteiger partial charge in [0.1, 0.15) is 22.2 Å². The summed E-state index contributed by atoms with van der Waals surface area (Å²) in [6.07, 6.45) is 2.43. The molecular formula is C28H29ClN2O8S. The Kier molecular flexibility index (Phi) is 8.36. The van der Waals surface area contributed by atoms with Crippen LogP contribution in [0.15, 0.2) is 46.9 Å². The van der Waals surface area contributed by atoms with E-state index in [2.05, 4.69) is 5.32 Å². The van der Waals surface area contributed by atoms with Crippen LogP contribution in [0.1, 0.15) is 36.8 Å². The Balaban J connectivity index is 0.000000350. The SMILES string of the molecule is COc1ccc(Cl)cc1C=C1CN2C(=O)CC2(S(=O)(=O)c2cc(C)ccc2OC)C1=O.O=C1CCNC(=O)CC1. The molecule has 3 fully saturated rings. The number of fused-ring (bicyclic) bond motifs is 1. The molecule has 2 aromatic carbocycles. The van der Waals surface area contributed by atoms with Crippen LogP contribution in [-0.4, -0.2) is 68.9 Å². The van der Waals surface area contributed by atoms with E-state index < -0.39 is 32.8 Å². The number of carbonyl (C=O) groups excluding carboxylic acids is 4. The summed E-state index contributed by atoms with van der Waals surface area (Å²) in [6.45, 7) is 2.16. The number of ether oxygens (including phenoxy) is 2. The molecule has 0 radical (unpaired) electrons. The number of methoxy groups -OCH3 is 2. The molecule has 5 rings (SSSR count). The number of Topliss-reactive ketones (excluding diaryl/α,β-unsaturated/α-hetero) is 2. The molecule has 0 spiro atoms. The van der Waals surface area contributed by atoms with Crippen LogP contribution in [0.4, 0.5) is 0 Å². The average molecular weight is 589 g/mol. The molecule has 12 heteroatoms. The van der Waals surface area contributed by atoms with Crippen LogP contribution < -0.4 is 14.8 Å². The lowest BCUT2D eigenvalue weighted by atomic mass is 9.99. The van der Waals surface area contributed by atoms with Gasteiger partial charge in [0.2, 0.25) is 32.3 Å². The number of rotatable bonds is 5. The summed E-state index contributed by atoms with van der Waals surface area (Å²) < 4.78 is 38.0. The van der Waals surface area contributed by atoms with E-state index in [4.69, 9.17) is 21.1 Å². The maximum absolute atomic E-state index is 13.7. The van der Waals surface area contributed by atoms with Gasteiger partial charge in [-0.25, -0.2) is 8.42 Å². The molecule has 3 saturated heterocycles. The van der Waals surface area contributed by atoms with E-state index in [1.807, 2.05) is 0 Å². The predicted molar refractivity (Wildman–Crippen MR) is 147 cm³/mol. The van der Waals surface area contributed by atoms with Gasteiger partial charge in [0.05, 0.1) is 27.2 Å². The first-order valence-corrected chi connectivity index (χ1v) is 14.4. The monoisotopic (exact) mass is 588 g/mol. The van der Waals surface area contributed by atoms with Gasteiger partial charge in [-0.15, -0.1) is 0 Å². The van der Waals surface area contributed by atoms with Crippen molar-refractivity contribution in [2.75, 3.05) is 27.3 Å². The molecule has 2 aromatic rings. The van der Waals surface area contributed by atoms with Crippen molar-refractivity contribution >= 4 is 50.9 Å². The summed E-state index contributed by atoms with van der Waals surface area (Å²) in [5.41, 5.74) is 1.41. The number of nitrogens with zero attached hydrogens (tertiary/aromatic N) is 1. The molecule has 0 aliphatic carbocycles. The first kappa shape index (κ1) is 29.3. The third kappa shape index (κ3) is 5.23. The number of hydrogen-bond acceptors (Lipinski definition) is 8. The Morgan fingerprint density at radius 2 is 1.68 bits per heavy atom. The molecule has 3 aliphatic rings. The quantitative estimate of drug-likeness (QED) is 0.416. The Morgan fingerprint density at radius 1 is 0.975 bits per heavy atom. The van der Waals surface area contributed by atoms with Gasteiger partial charge in [-0.1, -0.05) is 17.7 Å². The maximum atomic E-state index is 13.7. The molecule has 1 atom stereocenters. The van der Waals surface area contributed by atoms with Gasteiger partial charge in [0.25, 0.3) is 0 Å². The van der Waals surface area contributed by atoms with Crippen molar-refractivity contribution in [3.8, 4) is 11.5 Å². The first-order valence-electron chi connectivity index (χ1n) is 12.5. The van der Waals surface area contributed by atoms with E-state index >= 15 is 0 Å². The van der Waals surface area contributed by atoms with E-state index in [0.717, 1.165) is 4.90 Å². The highest BCUT2D eigenvalue weighted by Gasteiger charge is 2.70. The molecule has 10 nitrogen and oxygen atoms in total.